The lowest BCUT2D eigenvalue weighted by molar-refractivity contribution is -0.187. The molecule has 2 aromatic rings. The Morgan fingerprint density at radius 1 is 1.00 bits per heavy atom. The molecule has 1 fully saturated rings. The van der Waals surface area contributed by atoms with E-state index >= 15 is 0 Å². The summed E-state index contributed by atoms with van der Waals surface area (Å²) in [5.74, 6) is 0.656. The first kappa shape index (κ1) is 25.6. The van der Waals surface area contributed by atoms with E-state index in [1.54, 1.807) is 12.1 Å². The van der Waals surface area contributed by atoms with Crippen LogP contribution in [0.4, 0.5) is 13.2 Å². The van der Waals surface area contributed by atoms with Crippen LogP contribution >= 0.6 is 24.8 Å². The predicted molar refractivity (Wildman–Crippen MR) is 114 cm³/mol. The van der Waals surface area contributed by atoms with Crippen molar-refractivity contribution < 1.29 is 17.9 Å². The number of hydrogen-bond donors (Lipinski definition) is 1. The van der Waals surface area contributed by atoms with Crippen molar-refractivity contribution >= 4 is 24.8 Å². The third-order valence-corrected chi connectivity index (χ3v) is 4.85. The summed E-state index contributed by atoms with van der Waals surface area (Å²) in [6.07, 6.45) is -4.32. The van der Waals surface area contributed by atoms with Gasteiger partial charge in [0.15, 0.2) is 0 Å². The number of benzene rings is 2. The van der Waals surface area contributed by atoms with Crippen LogP contribution in [0.15, 0.2) is 42.5 Å². The van der Waals surface area contributed by atoms with Crippen LogP contribution in [0, 0.1) is 13.8 Å². The smallest absolute Gasteiger partial charge is 0.408 e. The maximum Gasteiger partial charge on any atom is 0.408 e. The van der Waals surface area contributed by atoms with Gasteiger partial charge in [-0.05, 0) is 36.1 Å². The number of nitrogens with zero attached hydrogens (tertiary/aromatic N) is 1. The summed E-state index contributed by atoms with van der Waals surface area (Å²) in [5.41, 5.74) is 2.76. The molecule has 1 aliphatic heterocycles. The molecule has 1 atom stereocenters. The Bertz CT molecular complexity index is 743. The average Bonchev–Trinajstić information content (AvgIpc) is 2.62. The molecule has 8 heteroatoms. The van der Waals surface area contributed by atoms with Gasteiger partial charge in [0.05, 0.1) is 0 Å². The highest BCUT2D eigenvalue weighted by Gasteiger charge is 2.45. The molecule has 3 rings (SSSR count). The molecule has 0 amide bonds. The minimum atomic E-state index is -4.32. The van der Waals surface area contributed by atoms with Gasteiger partial charge in [0, 0.05) is 26.2 Å². The van der Waals surface area contributed by atoms with Gasteiger partial charge in [-0.2, -0.15) is 13.2 Å². The molecule has 1 heterocycles. The van der Waals surface area contributed by atoms with Crippen molar-refractivity contribution in [1.82, 2.24) is 10.2 Å². The molecule has 0 spiro atoms. The number of nitrogens with one attached hydrogen (secondary N) is 1. The number of rotatable bonds is 5. The zero-order chi connectivity index (χ0) is 19.4. The molecule has 1 aliphatic rings. The van der Waals surface area contributed by atoms with E-state index in [-0.39, 0.29) is 30.4 Å². The van der Waals surface area contributed by atoms with Gasteiger partial charge in [0.1, 0.15) is 18.4 Å². The van der Waals surface area contributed by atoms with E-state index in [0.717, 1.165) is 16.7 Å². The van der Waals surface area contributed by atoms with Gasteiger partial charge >= 0.3 is 6.18 Å². The van der Waals surface area contributed by atoms with Gasteiger partial charge in [-0.25, -0.2) is 0 Å². The highest BCUT2D eigenvalue weighted by atomic mass is 35.5. The Balaban J connectivity index is 0.00000210. The van der Waals surface area contributed by atoms with Crippen LogP contribution in [-0.4, -0.2) is 37.3 Å². The van der Waals surface area contributed by atoms with Gasteiger partial charge in [-0.3, -0.25) is 4.90 Å². The summed E-state index contributed by atoms with van der Waals surface area (Å²) in [6, 6.07) is 11.4. The molecule has 1 saturated heterocycles. The summed E-state index contributed by atoms with van der Waals surface area (Å²) >= 11 is 0. The minimum absolute atomic E-state index is 0. The fourth-order valence-corrected chi connectivity index (χ4v) is 3.65. The van der Waals surface area contributed by atoms with E-state index in [1.807, 2.05) is 44.2 Å². The number of halogens is 5. The van der Waals surface area contributed by atoms with Gasteiger partial charge in [-0.1, -0.05) is 42.5 Å². The van der Waals surface area contributed by atoms with E-state index in [2.05, 4.69) is 5.32 Å². The third-order valence-electron chi connectivity index (χ3n) is 4.85. The number of hydrogen-bond acceptors (Lipinski definition) is 3. The molecule has 3 nitrogen and oxygen atoms in total. The zero-order valence-electron chi connectivity index (χ0n) is 16.5. The fourth-order valence-electron chi connectivity index (χ4n) is 3.65. The monoisotopic (exact) mass is 450 g/mol. The van der Waals surface area contributed by atoms with Crippen LogP contribution in [0.2, 0.25) is 0 Å². The zero-order valence-corrected chi connectivity index (χ0v) is 18.1. The Hall–Kier alpha value is -1.47. The molecule has 0 aromatic heterocycles. The van der Waals surface area contributed by atoms with E-state index < -0.39 is 12.2 Å². The molecule has 0 bridgehead atoms. The molecule has 0 unspecified atom stereocenters. The van der Waals surface area contributed by atoms with Crippen molar-refractivity contribution in [3.8, 4) is 5.75 Å². The van der Waals surface area contributed by atoms with Crippen LogP contribution in [0.1, 0.15) is 28.3 Å². The van der Waals surface area contributed by atoms with Crippen molar-refractivity contribution in [2.75, 3.05) is 26.2 Å². The largest absolute Gasteiger partial charge is 0.488 e. The van der Waals surface area contributed by atoms with Gasteiger partial charge in [0.2, 0.25) is 0 Å². The SMILES string of the molecule is Cc1cc([C@H](N2CCNCC2)C(F)(F)F)cc(C)c1OCc1ccccc1.Cl.Cl. The second-order valence-electron chi connectivity index (χ2n) is 6.99. The first-order valence-electron chi connectivity index (χ1n) is 9.15. The Kier molecular flexibility index (Phi) is 9.76. The second kappa shape index (κ2) is 11.1. The molecule has 0 saturated carbocycles. The fraction of sp³-hybridized carbons (Fsp3) is 0.429. The lowest BCUT2D eigenvalue weighted by atomic mass is 9.98. The highest BCUT2D eigenvalue weighted by Crippen LogP contribution is 2.40. The molecule has 0 radical (unpaired) electrons. The van der Waals surface area contributed by atoms with E-state index in [1.165, 1.54) is 4.90 Å². The number of aryl methyl sites for hydroxylation is 2. The van der Waals surface area contributed by atoms with Crippen molar-refractivity contribution in [2.45, 2.75) is 32.7 Å². The standard InChI is InChI=1S/C21H25F3N2O.2ClH/c1-15-12-18(20(21(22,23)24)26-10-8-25-9-11-26)13-16(2)19(15)27-14-17-6-4-3-5-7-17;;/h3-7,12-13,20,25H,8-11,14H2,1-2H3;2*1H/t20-;;/m0../s1. The van der Waals surface area contributed by atoms with E-state index in [4.69, 9.17) is 4.74 Å². The molecule has 1 N–H and O–H groups in total. The molecule has 29 heavy (non-hydrogen) atoms. The summed E-state index contributed by atoms with van der Waals surface area (Å²) in [7, 11) is 0. The first-order valence-corrected chi connectivity index (χ1v) is 9.15. The summed E-state index contributed by atoms with van der Waals surface area (Å²) in [6.45, 7) is 5.92. The van der Waals surface area contributed by atoms with E-state index in [0.29, 0.717) is 38.5 Å². The molecular formula is C21H27Cl2F3N2O. The lowest BCUT2D eigenvalue weighted by Crippen LogP contribution is -2.49. The van der Waals surface area contributed by atoms with Crippen LogP contribution in [0.25, 0.3) is 0 Å². The third kappa shape index (κ3) is 6.51. The second-order valence-corrected chi connectivity index (χ2v) is 6.99. The van der Waals surface area contributed by atoms with Gasteiger partial charge < -0.3 is 10.1 Å². The number of ether oxygens (including phenoxy) is 1. The maximum atomic E-state index is 13.8. The van der Waals surface area contributed by atoms with Crippen LogP contribution in [0.3, 0.4) is 0 Å². The van der Waals surface area contributed by atoms with Crippen molar-refractivity contribution in [1.29, 1.82) is 0 Å². The number of alkyl halides is 3. The predicted octanol–water partition coefficient (Wildman–Crippen LogP) is 5.23. The van der Waals surface area contributed by atoms with Gasteiger partial charge in [0.25, 0.3) is 0 Å². The quantitative estimate of drug-likeness (QED) is 0.674. The molecular weight excluding hydrogens is 424 g/mol. The van der Waals surface area contributed by atoms with Crippen LogP contribution < -0.4 is 10.1 Å². The molecule has 2 aromatic carbocycles. The minimum Gasteiger partial charge on any atom is -0.488 e. The van der Waals surface area contributed by atoms with Crippen molar-refractivity contribution in [3.63, 3.8) is 0 Å². The Morgan fingerprint density at radius 3 is 2.07 bits per heavy atom. The number of piperazine rings is 1. The first-order chi connectivity index (χ1) is 12.9. The Labute approximate surface area is 182 Å². The average molecular weight is 451 g/mol. The van der Waals surface area contributed by atoms with Crippen molar-refractivity contribution in [3.05, 3.63) is 64.7 Å². The van der Waals surface area contributed by atoms with E-state index in [9.17, 15) is 13.2 Å². The molecule has 162 valence electrons. The topological polar surface area (TPSA) is 24.5 Å². The highest BCUT2D eigenvalue weighted by molar-refractivity contribution is 5.85. The van der Waals surface area contributed by atoms with Crippen LogP contribution in [-0.2, 0) is 6.61 Å². The summed E-state index contributed by atoms with van der Waals surface area (Å²) in [4.78, 5) is 1.51. The Morgan fingerprint density at radius 2 is 1.55 bits per heavy atom. The van der Waals surface area contributed by atoms with Crippen LogP contribution in [0.5, 0.6) is 5.75 Å². The molecule has 0 aliphatic carbocycles. The van der Waals surface area contributed by atoms with Crippen molar-refractivity contribution in [2.24, 2.45) is 0 Å². The summed E-state index contributed by atoms with van der Waals surface area (Å²) in [5, 5.41) is 3.11. The lowest BCUT2D eigenvalue weighted by Gasteiger charge is -2.36. The van der Waals surface area contributed by atoms with Gasteiger partial charge in [-0.15, -0.1) is 24.8 Å². The normalized spacial score (nSPS) is 15.8. The summed E-state index contributed by atoms with van der Waals surface area (Å²) < 4.78 is 47.4. The maximum absolute atomic E-state index is 13.8.